The zero-order chi connectivity index (χ0) is 14.8. The Labute approximate surface area is 126 Å². The van der Waals surface area contributed by atoms with E-state index in [0.717, 1.165) is 25.3 Å². The smallest absolute Gasteiger partial charge is 0.221 e. The average Bonchev–Trinajstić information content (AvgIpc) is 2.40. The molecular formula is C16H26N2OS. The molecule has 0 atom stereocenters. The highest BCUT2D eigenvalue weighted by molar-refractivity contribution is 7.99. The molecule has 4 heteroatoms. The first-order valence-corrected chi connectivity index (χ1v) is 8.32. The van der Waals surface area contributed by atoms with Crippen LogP contribution in [0.1, 0.15) is 39.2 Å². The largest absolute Gasteiger partial charge is 0.354 e. The molecular weight excluding hydrogens is 268 g/mol. The van der Waals surface area contributed by atoms with Gasteiger partial charge in [0.25, 0.3) is 0 Å². The number of benzene rings is 1. The summed E-state index contributed by atoms with van der Waals surface area (Å²) in [5, 5.41) is 6.29. The first-order chi connectivity index (χ1) is 9.61. The van der Waals surface area contributed by atoms with E-state index in [4.69, 9.17) is 0 Å². The lowest BCUT2D eigenvalue weighted by atomic mass is 10.2. The highest BCUT2D eigenvalue weighted by Crippen LogP contribution is 2.19. The van der Waals surface area contributed by atoms with Crippen molar-refractivity contribution in [3.63, 3.8) is 0 Å². The topological polar surface area (TPSA) is 41.1 Å². The van der Waals surface area contributed by atoms with Crippen LogP contribution in [0.5, 0.6) is 0 Å². The number of amides is 1. The summed E-state index contributed by atoms with van der Waals surface area (Å²) in [7, 11) is 0. The molecule has 0 saturated heterocycles. The van der Waals surface area contributed by atoms with Gasteiger partial charge >= 0.3 is 0 Å². The van der Waals surface area contributed by atoms with Crippen LogP contribution >= 0.6 is 11.8 Å². The summed E-state index contributed by atoms with van der Waals surface area (Å²) in [6.07, 6.45) is 1.73. The molecule has 20 heavy (non-hydrogen) atoms. The van der Waals surface area contributed by atoms with Crippen LogP contribution in [0, 0.1) is 0 Å². The normalized spacial score (nSPS) is 10.8. The maximum atomic E-state index is 11.5. The van der Waals surface area contributed by atoms with Crippen LogP contribution in [0.2, 0.25) is 0 Å². The summed E-state index contributed by atoms with van der Waals surface area (Å²) in [5.41, 5.74) is 1.31. The number of rotatable bonds is 9. The molecule has 2 N–H and O–H groups in total. The van der Waals surface area contributed by atoms with E-state index >= 15 is 0 Å². The van der Waals surface area contributed by atoms with Gasteiger partial charge in [0, 0.05) is 29.7 Å². The Hall–Kier alpha value is -1.00. The molecule has 0 spiro atoms. The van der Waals surface area contributed by atoms with Gasteiger partial charge in [-0.25, -0.2) is 0 Å². The van der Waals surface area contributed by atoms with E-state index in [0.29, 0.717) is 6.42 Å². The number of hydrogen-bond donors (Lipinski definition) is 2. The number of hydrogen-bond acceptors (Lipinski definition) is 3. The highest BCUT2D eigenvalue weighted by atomic mass is 32.2. The Kier molecular flexibility index (Phi) is 8.38. The van der Waals surface area contributed by atoms with E-state index in [1.807, 2.05) is 13.8 Å². The van der Waals surface area contributed by atoms with Crippen molar-refractivity contribution in [2.24, 2.45) is 0 Å². The SMILES string of the molecule is CCCNCc1ccc(SCCC(=O)NC(C)C)cc1. The van der Waals surface area contributed by atoms with Crippen LogP contribution in [0.25, 0.3) is 0 Å². The number of thioether (sulfide) groups is 1. The summed E-state index contributed by atoms with van der Waals surface area (Å²) in [6, 6.07) is 8.79. The molecule has 0 unspecified atom stereocenters. The van der Waals surface area contributed by atoms with Crippen LogP contribution in [0.4, 0.5) is 0 Å². The summed E-state index contributed by atoms with van der Waals surface area (Å²) < 4.78 is 0. The molecule has 0 fully saturated rings. The van der Waals surface area contributed by atoms with E-state index in [1.54, 1.807) is 11.8 Å². The Morgan fingerprint density at radius 3 is 2.55 bits per heavy atom. The minimum Gasteiger partial charge on any atom is -0.354 e. The average molecular weight is 294 g/mol. The van der Waals surface area contributed by atoms with Gasteiger partial charge in [-0.1, -0.05) is 19.1 Å². The van der Waals surface area contributed by atoms with E-state index in [9.17, 15) is 4.79 Å². The first kappa shape index (κ1) is 17.1. The molecule has 112 valence electrons. The Balaban J connectivity index is 2.26. The van der Waals surface area contributed by atoms with Crippen LogP contribution in [-0.2, 0) is 11.3 Å². The molecule has 1 amide bonds. The molecule has 0 aliphatic heterocycles. The maximum absolute atomic E-state index is 11.5. The van der Waals surface area contributed by atoms with Crippen LogP contribution < -0.4 is 10.6 Å². The van der Waals surface area contributed by atoms with E-state index in [2.05, 4.69) is 41.8 Å². The second-order valence-electron chi connectivity index (χ2n) is 5.14. The number of carbonyl (C=O) groups is 1. The fourth-order valence-electron chi connectivity index (χ4n) is 1.77. The van der Waals surface area contributed by atoms with Crippen molar-refractivity contribution in [1.82, 2.24) is 10.6 Å². The third-order valence-corrected chi connectivity index (χ3v) is 3.74. The van der Waals surface area contributed by atoms with Crippen molar-refractivity contribution < 1.29 is 4.79 Å². The Morgan fingerprint density at radius 1 is 1.25 bits per heavy atom. The molecule has 0 saturated carbocycles. The maximum Gasteiger partial charge on any atom is 0.221 e. The second kappa shape index (κ2) is 9.83. The highest BCUT2D eigenvalue weighted by Gasteiger charge is 2.03. The third kappa shape index (κ3) is 7.56. The van der Waals surface area contributed by atoms with E-state index < -0.39 is 0 Å². The standard InChI is InChI=1S/C16H26N2OS/c1-4-10-17-12-14-5-7-15(8-6-14)20-11-9-16(19)18-13(2)3/h5-8,13,17H,4,9-12H2,1-3H3,(H,18,19). The fourth-order valence-corrected chi connectivity index (χ4v) is 2.62. The van der Waals surface area contributed by atoms with Crippen molar-refractivity contribution in [2.45, 2.75) is 51.1 Å². The predicted octanol–water partition coefficient (Wildman–Crippen LogP) is 3.19. The molecule has 0 bridgehead atoms. The summed E-state index contributed by atoms with van der Waals surface area (Å²) in [6.45, 7) is 8.12. The van der Waals surface area contributed by atoms with Crippen LogP contribution in [-0.4, -0.2) is 24.2 Å². The Morgan fingerprint density at radius 2 is 1.95 bits per heavy atom. The zero-order valence-electron chi connectivity index (χ0n) is 12.7. The summed E-state index contributed by atoms with van der Waals surface area (Å²) in [4.78, 5) is 12.7. The first-order valence-electron chi connectivity index (χ1n) is 7.33. The monoisotopic (exact) mass is 294 g/mol. The third-order valence-electron chi connectivity index (χ3n) is 2.73. The zero-order valence-corrected chi connectivity index (χ0v) is 13.6. The van der Waals surface area contributed by atoms with Gasteiger partial charge in [0.2, 0.25) is 5.91 Å². The van der Waals surface area contributed by atoms with Crippen LogP contribution in [0.3, 0.4) is 0 Å². The molecule has 0 radical (unpaired) electrons. The second-order valence-corrected chi connectivity index (χ2v) is 6.31. The van der Waals surface area contributed by atoms with Gasteiger partial charge in [0.1, 0.15) is 0 Å². The van der Waals surface area contributed by atoms with E-state index in [1.165, 1.54) is 10.5 Å². The van der Waals surface area contributed by atoms with Gasteiger partial charge in [-0.15, -0.1) is 11.8 Å². The minimum atomic E-state index is 0.132. The lowest BCUT2D eigenvalue weighted by Gasteiger charge is -2.08. The molecule has 0 aliphatic rings. The van der Waals surface area contributed by atoms with E-state index in [-0.39, 0.29) is 11.9 Å². The molecule has 0 heterocycles. The Bertz CT molecular complexity index is 390. The van der Waals surface area contributed by atoms with Gasteiger partial charge < -0.3 is 10.6 Å². The lowest BCUT2D eigenvalue weighted by molar-refractivity contribution is -0.121. The molecule has 0 aliphatic carbocycles. The van der Waals surface area contributed by atoms with Gasteiger partial charge in [0.15, 0.2) is 0 Å². The van der Waals surface area contributed by atoms with Gasteiger partial charge in [-0.2, -0.15) is 0 Å². The lowest BCUT2D eigenvalue weighted by Crippen LogP contribution is -2.30. The molecule has 1 rings (SSSR count). The van der Waals surface area contributed by atoms with Gasteiger partial charge in [-0.05, 0) is 44.5 Å². The molecule has 3 nitrogen and oxygen atoms in total. The minimum absolute atomic E-state index is 0.132. The predicted molar refractivity (Wildman–Crippen MR) is 87.1 cm³/mol. The number of carbonyl (C=O) groups excluding carboxylic acids is 1. The summed E-state index contributed by atoms with van der Waals surface area (Å²) >= 11 is 1.73. The molecule has 1 aromatic rings. The van der Waals surface area contributed by atoms with Crippen molar-refractivity contribution in [3.8, 4) is 0 Å². The van der Waals surface area contributed by atoms with Crippen molar-refractivity contribution in [3.05, 3.63) is 29.8 Å². The van der Waals surface area contributed by atoms with Gasteiger partial charge in [-0.3, -0.25) is 4.79 Å². The summed E-state index contributed by atoms with van der Waals surface area (Å²) in [5.74, 6) is 0.958. The molecule has 0 aromatic heterocycles. The fraction of sp³-hybridized carbons (Fsp3) is 0.562. The quantitative estimate of drug-likeness (QED) is 0.543. The van der Waals surface area contributed by atoms with Crippen molar-refractivity contribution in [1.29, 1.82) is 0 Å². The van der Waals surface area contributed by atoms with Crippen LogP contribution in [0.15, 0.2) is 29.2 Å². The van der Waals surface area contributed by atoms with Crippen molar-refractivity contribution >= 4 is 17.7 Å². The molecule has 1 aromatic carbocycles. The number of nitrogens with one attached hydrogen (secondary N) is 2. The van der Waals surface area contributed by atoms with Gasteiger partial charge in [0.05, 0.1) is 0 Å². The van der Waals surface area contributed by atoms with Crippen molar-refractivity contribution in [2.75, 3.05) is 12.3 Å².